The van der Waals surface area contributed by atoms with Gasteiger partial charge in [-0.2, -0.15) is 18.2 Å². The molecule has 4 rings (SSSR count). The van der Waals surface area contributed by atoms with Gasteiger partial charge in [0.25, 0.3) is 0 Å². The Morgan fingerprint density at radius 3 is 2.59 bits per heavy atom. The van der Waals surface area contributed by atoms with Crippen LogP contribution in [0.4, 0.5) is 22.7 Å². The number of thiazole rings is 2. The van der Waals surface area contributed by atoms with Gasteiger partial charge in [-0.25, -0.2) is 27.9 Å². The Hall–Kier alpha value is -3.39. The second kappa shape index (κ2) is 7.94. The van der Waals surface area contributed by atoms with Crippen molar-refractivity contribution in [3.05, 3.63) is 67.0 Å². The number of halogens is 4. The highest BCUT2D eigenvalue weighted by molar-refractivity contribution is 7.15. The number of anilines is 1. The van der Waals surface area contributed by atoms with Crippen LogP contribution in [0.1, 0.15) is 11.3 Å². The molecule has 4 aromatic rings. The quantitative estimate of drug-likeness (QED) is 0.449. The van der Waals surface area contributed by atoms with Crippen molar-refractivity contribution in [1.29, 1.82) is 0 Å². The van der Waals surface area contributed by atoms with Gasteiger partial charge in [-0.15, -0.1) is 22.7 Å². The number of amides is 1. The normalized spacial score (nSPS) is 11.8. The lowest BCUT2D eigenvalue weighted by molar-refractivity contribution is -0.140. The highest BCUT2D eigenvalue weighted by Crippen LogP contribution is 2.34. The number of nitrogens with zero attached hydrogens (tertiary/aromatic N) is 4. The van der Waals surface area contributed by atoms with Crippen LogP contribution in [0.2, 0.25) is 0 Å². The molecule has 0 saturated heterocycles. The van der Waals surface area contributed by atoms with E-state index in [1.807, 2.05) is 0 Å². The lowest BCUT2D eigenvalue weighted by Crippen LogP contribution is -2.37. The van der Waals surface area contributed by atoms with Gasteiger partial charge in [0.1, 0.15) is 5.82 Å². The van der Waals surface area contributed by atoms with Gasteiger partial charge >= 0.3 is 17.6 Å². The number of benzene rings is 1. The fraction of sp³-hybridized carbons (Fsp3) is 0.167. The zero-order valence-electron chi connectivity index (χ0n) is 15.9. The fourth-order valence-corrected chi connectivity index (χ4v) is 4.43. The van der Waals surface area contributed by atoms with E-state index < -0.39 is 34.8 Å². The number of rotatable bonds is 4. The molecule has 0 aliphatic heterocycles. The molecule has 0 aliphatic carbocycles. The lowest BCUT2D eigenvalue weighted by Gasteiger charge is -2.08. The fourth-order valence-electron chi connectivity index (χ4n) is 2.84. The van der Waals surface area contributed by atoms with Gasteiger partial charge in [-0.3, -0.25) is 4.79 Å². The number of fused-ring (bicyclic) bond motifs is 1. The third kappa shape index (κ3) is 4.05. The van der Waals surface area contributed by atoms with E-state index in [4.69, 9.17) is 0 Å². The molecule has 3 aromatic heterocycles. The molecule has 0 fully saturated rings. The summed E-state index contributed by atoms with van der Waals surface area (Å²) in [7, 11) is 1.27. The molecule has 0 atom stereocenters. The van der Waals surface area contributed by atoms with Gasteiger partial charge in [-0.1, -0.05) is 6.07 Å². The van der Waals surface area contributed by atoms with Crippen LogP contribution >= 0.6 is 22.7 Å². The zero-order valence-corrected chi connectivity index (χ0v) is 17.6. The van der Waals surface area contributed by atoms with Crippen LogP contribution in [-0.4, -0.2) is 24.8 Å². The first-order valence-electron chi connectivity index (χ1n) is 8.73. The number of carbonyl (C=O) groups is 1. The smallest absolute Gasteiger partial charge is 0.302 e. The molecule has 1 N–H and O–H groups in total. The van der Waals surface area contributed by atoms with Crippen LogP contribution < -0.4 is 16.7 Å². The van der Waals surface area contributed by atoms with E-state index in [0.29, 0.717) is 11.8 Å². The van der Waals surface area contributed by atoms with Crippen LogP contribution in [0.5, 0.6) is 0 Å². The molecule has 0 bridgehead atoms. The Bertz CT molecular complexity index is 1470. The largest absolute Gasteiger partial charge is 0.419 e. The van der Waals surface area contributed by atoms with E-state index in [2.05, 4.69) is 15.3 Å². The monoisotopic (exact) mass is 485 g/mol. The number of alkyl halides is 3. The summed E-state index contributed by atoms with van der Waals surface area (Å²) < 4.78 is 53.9. The molecule has 14 heteroatoms. The van der Waals surface area contributed by atoms with Gasteiger partial charge in [-0.05, 0) is 12.1 Å². The Balaban J connectivity index is 1.52. The molecule has 1 aromatic carbocycles. The molecule has 166 valence electrons. The highest BCUT2D eigenvalue weighted by atomic mass is 32.1. The molecule has 32 heavy (non-hydrogen) atoms. The number of nitrogens with one attached hydrogen (secondary N) is 1. The van der Waals surface area contributed by atoms with Crippen molar-refractivity contribution in [3.63, 3.8) is 0 Å². The molecule has 0 spiro atoms. The molecule has 3 heterocycles. The topological polar surface area (TPSA) is 98.4 Å². The number of carbonyl (C=O) groups excluding carboxylic acids is 1. The maximum absolute atomic E-state index is 13.8. The van der Waals surface area contributed by atoms with E-state index in [-0.39, 0.29) is 27.8 Å². The van der Waals surface area contributed by atoms with Crippen LogP contribution in [-0.2, 0) is 24.4 Å². The van der Waals surface area contributed by atoms with E-state index in [0.717, 1.165) is 43.8 Å². The van der Waals surface area contributed by atoms with Gasteiger partial charge in [0.2, 0.25) is 10.9 Å². The van der Waals surface area contributed by atoms with Crippen molar-refractivity contribution >= 4 is 38.7 Å². The SMILES string of the molecule is Cn1c(=O)nc2scc(CC(=O)Nc3nc(-c4ccc(C(F)(F)F)c(F)c4)cs3)n2c1=O. The minimum absolute atomic E-state index is 0.120. The minimum atomic E-state index is -4.81. The van der Waals surface area contributed by atoms with Gasteiger partial charge < -0.3 is 5.32 Å². The Morgan fingerprint density at radius 2 is 1.91 bits per heavy atom. The average Bonchev–Trinajstić information content (AvgIpc) is 3.32. The van der Waals surface area contributed by atoms with Crippen molar-refractivity contribution in [3.8, 4) is 11.3 Å². The summed E-state index contributed by atoms with van der Waals surface area (Å²) in [5.41, 5.74) is -2.09. The first kappa shape index (κ1) is 21.8. The van der Waals surface area contributed by atoms with Crippen molar-refractivity contribution in [2.24, 2.45) is 7.05 Å². The first-order valence-corrected chi connectivity index (χ1v) is 10.5. The van der Waals surface area contributed by atoms with Gasteiger partial charge in [0.15, 0.2) is 5.13 Å². The van der Waals surface area contributed by atoms with Crippen LogP contribution in [0, 0.1) is 5.82 Å². The standard InChI is InChI=1S/C18H11F4N5O3S2/c1-26-15(29)25-16-27(17(26)30)9(6-32-16)5-13(28)24-14-23-12(7-31-14)8-2-3-10(11(19)4-8)18(20,21)22/h2-4,6-7H,5H2,1H3,(H,23,24,28). The third-order valence-electron chi connectivity index (χ3n) is 4.40. The molecule has 0 saturated carbocycles. The maximum Gasteiger partial charge on any atom is 0.419 e. The number of aromatic nitrogens is 4. The highest BCUT2D eigenvalue weighted by Gasteiger charge is 2.34. The molecular formula is C18H11F4N5O3S2. The summed E-state index contributed by atoms with van der Waals surface area (Å²) in [5.74, 6) is -1.95. The van der Waals surface area contributed by atoms with E-state index in [1.165, 1.54) is 17.8 Å². The lowest BCUT2D eigenvalue weighted by atomic mass is 10.1. The van der Waals surface area contributed by atoms with Crippen molar-refractivity contribution in [2.45, 2.75) is 12.6 Å². The zero-order chi connectivity index (χ0) is 23.2. The second-order valence-corrected chi connectivity index (χ2v) is 8.23. The number of hydrogen-bond donors (Lipinski definition) is 1. The molecule has 0 unspecified atom stereocenters. The number of hydrogen-bond acceptors (Lipinski definition) is 7. The Morgan fingerprint density at radius 1 is 1.16 bits per heavy atom. The van der Waals surface area contributed by atoms with E-state index >= 15 is 0 Å². The Kier molecular flexibility index (Phi) is 5.42. The van der Waals surface area contributed by atoms with Crippen LogP contribution in [0.3, 0.4) is 0 Å². The predicted molar refractivity (Wildman–Crippen MR) is 109 cm³/mol. The predicted octanol–water partition coefficient (Wildman–Crippen LogP) is 2.92. The average molecular weight is 485 g/mol. The van der Waals surface area contributed by atoms with Crippen LogP contribution in [0.15, 0.2) is 38.5 Å². The summed E-state index contributed by atoms with van der Waals surface area (Å²) in [6, 6.07) is 2.45. The van der Waals surface area contributed by atoms with Gasteiger partial charge in [0.05, 0.1) is 17.7 Å². The van der Waals surface area contributed by atoms with Crippen molar-refractivity contribution in [1.82, 2.24) is 18.9 Å². The second-order valence-electron chi connectivity index (χ2n) is 6.54. The summed E-state index contributed by atoms with van der Waals surface area (Å²) >= 11 is 2.04. The summed E-state index contributed by atoms with van der Waals surface area (Å²) in [5, 5.41) is 5.66. The summed E-state index contributed by atoms with van der Waals surface area (Å²) in [6.45, 7) is 0. The Labute approximate surface area is 183 Å². The molecule has 8 nitrogen and oxygen atoms in total. The first-order chi connectivity index (χ1) is 15.0. The summed E-state index contributed by atoms with van der Waals surface area (Å²) in [6.07, 6.45) is -5.02. The van der Waals surface area contributed by atoms with Crippen LogP contribution in [0.25, 0.3) is 16.2 Å². The molecule has 0 radical (unpaired) electrons. The van der Waals surface area contributed by atoms with Crippen molar-refractivity contribution in [2.75, 3.05) is 5.32 Å². The van der Waals surface area contributed by atoms with Gasteiger partial charge in [0, 0.05) is 29.1 Å². The molecule has 0 aliphatic rings. The minimum Gasteiger partial charge on any atom is -0.302 e. The van der Waals surface area contributed by atoms with E-state index in [9.17, 15) is 31.9 Å². The molecular weight excluding hydrogens is 474 g/mol. The van der Waals surface area contributed by atoms with E-state index in [1.54, 1.807) is 0 Å². The maximum atomic E-state index is 13.8. The van der Waals surface area contributed by atoms with Crippen molar-refractivity contribution < 1.29 is 22.4 Å². The summed E-state index contributed by atoms with van der Waals surface area (Å²) in [4.78, 5) is 44.3. The molecule has 1 amide bonds. The third-order valence-corrected chi connectivity index (χ3v) is 6.03.